The summed E-state index contributed by atoms with van der Waals surface area (Å²) in [6.07, 6.45) is 78.2. The molecule has 1 unspecified atom stereocenters. The highest BCUT2D eigenvalue weighted by atomic mass is 16.6. The van der Waals surface area contributed by atoms with Crippen molar-refractivity contribution in [2.45, 2.75) is 194 Å². The minimum absolute atomic E-state index is 0.140. The van der Waals surface area contributed by atoms with E-state index in [1.54, 1.807) is 0 Å². The first kappa shape index (κ1) is 62.0. The van der Waals surface area contributed by atoms with Crippen molar-refractivity contribution in [1.29, 1.82) is 0 Å². The first-order chi connectivity index (χ1) is 33.0. The molecular formula is C61H92O6. The van der Waals surface area contributed by atoms with Crippen LogP contribution in [0, 0.1) is 0 Å². The van der Waals surface area contributed by atoms with Gasteiger partial charge in [0.1, 0.15) is 13.2 Å². The zero-order valence-electron chi connectivity index (χ0n) is 42.3. The van der Waals surface area contributed by atoms with Gasteiger partial charge in [-0.15, -0.1) is 0 Å². The number of hydrogen-bond donors (Lipinski definition) is 0. The van der Waals surface area contributed by atoms with Crippen LogP contribution in [-0.4, -0.2) is 37.2 Å². The average molecular weight is 921 g/mol. The van der Waals surface area contributed by atoms with Gasteiger partial charge in [-0.1, -0.05) is 204 Å². The molecule has 0 fully saturated rings. The van der Waals surface area contributed by atoms with Crippen molar-refractivity contribution in [2.24, 2.45) is 0 Å². The van der Waals surface area contributed by atoms with Crippen molar-refractivity contribution in [3.8, 4) is 0 Å². The summed E-state index contributed by atoms with van der Waals surface area (Å²) in [6.45, 7) is 6.18. The largest absolute Gasteiger partial charge is 0.462 e. The Balaban J connectivity index is 4.57. The molecule has 0 radical (unpaired) electrons. The third-order valence-corrected chi connectivity index (χ3v) is 9.99. The summed E-state index contributed by atoms with van der Waals surface area (Å²) < 4.78 is 16.6. The Kier molecular flexibility index (Phi) is 49.7. The maximum atomic E-state index is 12.7. The molecule has 0 N–H and O–H groups in total. The first-order valence-corrected chi connectivity index (χ1v) is 26.0. The van der Waals surface area contributed by atoms with Crippen LogP contribution in [0.15, 0.2) is 158 Å². The number of rotatable bonds is 44. The van der Waals surface area contributed by atoms with E-state index in [-0.39, 0.29) is 38.0 Å². The summed E-state index contributed by atoms with van der Waals surface area (Å²) in [5.41, 5.74) is 0. The molecule has 0 aliphatic heterocycles. The van der Waals surface area contributed by atoms with Crippen LogP contribution in [-0.2, 0) is 28.6 Å². The van der Waals surface area contributed by atoms with Crippen LogP contribution in [0.25, 0.3) is 0 Å². The molecule has 6 nitrogen and oxygen atoms in total. The summed E-state index contributed by atoms with van der Waals surface area (Å²) in [4.78, 5) is 37.9. The Hall–Kier alpha value is -4.97. The van der Waals surface area contributed by atoms with Gasteiger partial charge in [0.15, 0.2) is 6.10 Å². The van der Waals surface area contributed by atoms with Gasteiger partial charge >= 0.3 is 17.9 Å². The maximum Gasteiger partial charge on any atom is 0.306 e. The first-order valence-electron chi connectivity index (χ1n) is 26.0. The number of hydrogen-bond acceptors (Lipinski definition) is 6. The topological polar surface area (TPSA) is 78.9 Å². The fraction of sp³-hybridized carbons (Fsp3) is 0.525. The van der Waals surface area contributed by atoms with Crippen molar-refractivity contribution >= 4 is 17.9 Å². The van der Waals surface area contributed by atoms with Crippen molar-refractivity contribution in [3.63, 3.8) is 0 Å². The monoisotopic (exact) mass is 921 g/mol. The SMILES string of the molecule is CC/C=C\C/C=C\C/C=C\C/C=C\C/C=C\C/C=C\C/C=C\CCCC(=O)OCC(COC(=O)CCCCCCC/C=C\C/C=C\CCC)OC(=O)CC/C=C\C/C=C\C/C=C\C/C=C\CC. The molecule has 0 aliphatic rings. The van der Waals surface area contributed by atoms with Crippen LogP contribution in [0.2, 0.25) is 0 Å². The van der Waals surface area contributed by atoms with Gasteiger partial charge < -0.3 is 14.2 Å². The summed E-state index contributed by atoms with van der Waals surface area (Å²) in [5.74, 6) is -1.11. The summed E-state index contributed by atoms with van der Waals surface area (Å²) in [6, 6.07) is 0. The zero-order valence-corrected chi connectivity index (χ0v) is 42.3. The molecule has 0 bridgehead atoms. The fourth-order valence-electron chi connectivity index (χ4n) is 6.19. The molecule has 0 spiro atoms. The third-order valence-electron chi connectivity index (χ3n) is 9.99. The molecule has 1 atom stereocenters. The quantitative estimate of drug-likeness (QED) is 0.0262. The van der Waals surface area contributed by atoms with Crippen LogP contribution in [0.4, 0.5) is 0 Å². The second kappa shape index (κ2) is 53.6. The van der Waals surface area contributed by atoms with E-state index in [0.29, 0.717) is 19.3 Å². The number of unbranched alkanes of at least 4 members (excludes halogenated alkanes) is 7. The molecular weight excluding hydrogens is 829 g/mol. The Morgan fingerprint density at radius 2 is 0.627 bits per heavy atom. The highest BCUT2D eigenvalue weighted by molar-refractivity contribution is 5.71. The molecule has 0 saturated carbocycles. The van der Waals surface area contributed by atoms with Gasteiger partial charge in [0.25, 0.3) is 0 Å². The zero-order chi connectivity index (χ0) is 48.6. The van der Waals surface area contributed by atoms with Crippen molar-refractivity contribution in [1.82, 2.24) is 0 Å². The standard InChI is InChI=1S/C61H92O6/c1-4-7-10-13-16-19-22-25-26-27-28-29-30-31-32-33-34-37-39-42-45-48-51-54-60(63)66-57-58(67-61(64)55-52-49-46-43-40-36-24-21-18-15-12-9-6-3)56-65-59(62)53-50-47-44-41-38-35-23-20-17-14-11-8-5-2/h7,9-12,14,16,18-21,23,25-26,28-29,31-32,34,36-37,40,42,45-46,49,58H,4-6,8,13,15,17,22,24,27,30,33,35,38-39,41,43-44,47-48,50-57H2,1-3H3/b10-7-,12-9-,14-11-,19-16-,21-18-,23-20-,26-25-,29-28-,32-31-,37-34-,40-36-,45-42-,49-46-. The molecule has 0 heterocycles. The fourth-order valence-corrected chi connectivity index (χ4v) is 6.19. The van der Waals surface area contributed by atoms with Gasteiger partial charge in [0, 0.05) is 19.3 Å². The van der Waals surface area contributed by atoms with Gasteiger partial charge in [-0.3, -0.25) is 14.4 Å². The number of ether oxygens (including phenoxy) is 3. The van der Waals surface area contributed by atoms with Crippen molar-refractivity contribution < 1.29 is 28.6 Å². The minimum Gasteiger partial charge on any atom is -0.462 e. The molecule has 0 aromatic carbocycles. The van der Waals surface area contributed by atoms with Crippen LogP contribution in [0.1, 0.15) is 188 Å². The van der Waals surface area contributed by atoms with Crippen molar-refractivity contribution in [2.75, 3.05) is 13.2 Å². The van der Waals surface area contributed by atoms with E-state index < -0.39 is 12.1 Å². The highest BCUT2D eigenvalue weighted by Crippen LogP contribution is 2.11. The Morgan fingerprint density at radius 1 is 0.313 bits per heavy atom. The lowest BCUT2D eigenvalue weighted by molar-refractivity contribution is -0.166. The van der Waals surface area contributed by atoms with E-state index in [1.165, 1.54) is 6.42 Å². The second-order valence-corrected chi connectivity index (χ2v) is 16.3. The molecule has 0 aliphatic carbocycles. The number of carbonyl (C=O) groups excluding carboxylic acids is 3. The van der Waals surface area contributed by atoms with Gasteiger partial charge in [-0.25, -0.2) is 0 Å². The smallest absolute Gasteiger partial charge is 0.306 e. The lowest BCUT2D eigenvalue weighted by Gasteiger charge is -2.18. The molecule has 0 rings (SSSR count). The number of esters is 3. The van der Waals surface area contributed by atoms with Gasteiger partial charge in [-0.2, -0.15) is 0 Å². The van der Waals surface area contributed by atoms with Gasteiger partial charge in [0.2, 0.25) is 0 Å². The van der Waals surface area contributed by atoms with Crippen LogP contribution < -0.4 is 0 Å². The van der Waals surface area contributed by atoms with E-state index in [9.17, 15) is 14.4 Å². The molecule has 0 aromatic heterocycles. The summed E-state index contributed by atoms with van der Waals surface area (Å²) in [7, 11) is 0. The molecule has 0 amide bonds. The molecule has 6 heteroatoms. The van der Waals surface area contributed by atoms with Crippen LogP contribution >= 0.6 is 0 Å². The predicted molar refractivity (Wildman–Crippen MR) is 288 cm³/mol. The van der Waals surface area contributed by atoms with E-state index >= 15 is 0 Å². The van der Waals surface area contributed by atoms with Crippen molar-refractivity contribution in [3.05, 3.63) is 158 Å². The van der Waals surface area contributed by atoms with E-state index in [0.717, 1.165) is 128 Å². The van der Waals surface area contributed by atoms with Crippen LogP contribution in [0.5, 0.6) is 0 Å². The molecule has 372 valence electrons. The summed E-state index contributed by atoms with van der Waals surface area (Å²) in [5, 5.41) is 0. The Bertz CT molecular complexity index is 1570. The van der Waals surface area contributed by atoms with E-state index in [4.69, 9.17) is 14.2 Å². The predicted octanol–water partition coefficient (Wildman–Crippen LogP) is 17.4. The summed E-state index contributed by atoms with van der Waals surface area (Å²) >= 11 is 0. The minimum atomic E-state index is -0.852. The van der Waals surface area contributed by atoms with E-state index in [1.807, 2.05) is 12.2 Å². The lowest BCUT2D eigenvalue weighted by atomic mass is 10.1. The lowest BCUT2D eigenvalue weighted by Crippen LogP contribution is -2.30. The third kappa shape index (κ3) is 51.9. The van der Waals surface area contributed by atoms with Gasteiger partial charge in [0.05, 0.1) is 0 Å². The Labute approximate surface area is 409 Å². The van der Waals surface area contributed by atoms with E-state index in [2.05, 4.69) is 167 Å². The molecule has 0 saturated heterocycles. The second-order valence-electron chi connectivity index (χ2n) is 16.3. The molecule has 0 aromatic rings. The Morgan fingerprint density at radius 3 is 1.03 bits per heavy atom. The average Bonchev–Trinajstić information content (AvgIpc) is 3.33. The highest BCUT2D eigenvalue weighted by Gasteiger charge is 2.19. The number of carbonyl (C=O) groups is 3. The maximum absolute atomic E-state index is 12.7. The van der Waals surface area contributed by atoms with Crippen LogP contribution in [0.3, 0.4) is 0 Å². The normalized spacial score (nSPS) is 13.4. The molecule has 67 heavy (non-hydrogen) atoms. The van der Waals surface area contributed by atoms with Gasteiger partial charge in [-0.05, 0) is 122 Å². The number of allylic oxidation sites excluding steroid dienone is 26.